The predicted molar refractivity (Wildman–Crippen MR) is 102 cm³/mol. The highest BCUT2D eigenvalue weighted by molar-refractivity contribution is 6.30. The third-order valence-electron chi connectivity index (χ3n) is 3.88. The number of fused-ring (bicyclic) bond motifs is 1. The minimum atomic E-state index is -0.578. The highest BCUT2D eigenvalue weighted by Crippen LogP contribution is 2.21. The first-order chi connectivity index (χ1) is 13.1. The predicted octanol–water partition coefficient (Wildman–Crippen LogP) is 2.89. The van der Waals surface area contributed by atoms with Crippen molar-refractivity contribution >= 4 is 28.4 Å². The van der Waals surface area contributed by atoms with Gasteiger partial charge >= 0.3 is 0 Å². The summed E-state index contributed by atoms with van der Waals surface area (Å²) in [4.78, 5) is 30.1. The van der Waals surface area contributed by atoms with Gasteiger partial charge in [-0.15, -0.1) is 5.10 Å². The molecule has 0 unspecified atom stereocenters. The molecule has 4 rings (SSSR count). The van der Waals surface area contributed by atoms with Gasteiger partial charge in [0.05, 0.1) is 10.9 Å². The lowest BCUT2D eigenvalue weighted by molar-refractivity contribution is 0.100. The molecule has 0 bridgehead atoms. The van der Waals surface area contributed by atoms with Crippen molar-refractivity contribution in [2.75, 3.05) is 5.43 Å². The van der Waals surface area contributed by atoms with Crippen LogP contribution < -0.4 is 11.0 Å². The molecule has 0 saturated heterocycles. The van der Waals surface area contributed by atoms with E-state index in [2.05, 4.69) is 20.6 Å². The van der Waals surface area contributed by atoms with E-state index in [9.17, 15) is 9.59 Å². The number of carbonyl (C=O) groups is 1. The maximum Gasteiger partial charge on any atom is 0.290 e. The molecule has 0 aliphatic heterocycles. The van der Waals surface area contributed by atoms with E-state index < -0.39 is 11.5 Å². The average Bonchev–Trinajstić information content (AvgIpc) is 2.70. The summed E-state index contributed by atoms with van der Waals surface area (Å²) in [5.74, 6) is -0.316. The van der Waals surface area contributed by atoms with Gasteiger partial charge in [-0.3, -0.25) is 15.0 Å². The number of halogens is 1. The van der Waals surface area contributed by atoms with Gasteiger partial charge in [0, 0.05) is 16.8 Å². The van der Waals surface area contributed by atoms with Crippen LogP contribution in [-0.2, 0) is 0 Å². The van der Waals surface area contributed by atoms with Crippen LogP contribution in [0.1, 0.15) is 10.5 Å². The molecule has 1 N–H and O–H groups in total. The Labute approximate surface area is 158 Å². The van der Waals surface area contributed by atoms with Crippen molar-refractivity contribution in [3.05, 3.63) is 87.9 Å². The lowest BCUT2D eigenvalue weighted by Crippen LogP contribution is -2.35. The number of para-hydroxylation sites is 1. The minimum Gasteiger partial charge on any atom is -0.267 e. The third-order valence-corrected chi connectivity index (χ3v) is 4.11. The molecule has 132 valence electrons. The highest BCUT2D eigenvalue weighted by atomic mass is 35.5. The lowest BCUT2D eigenvalue weighted by atomic mass is 10.2. The van der Waals surface area contributed by atoms with Gasteiger partial charge < -0.3 is 0 Å². The van der Waals surface area contributed by atoms with Gasteiger partial charge in [-0.05, 0) is 36.4 Å². The molecule has 27 heavy (non-hydrogen) atoms. The molecule has 1 amide bonds. The van der Waals surface area contributed by atoms with Gasteiger partial charge in [0.15, 0.2) is 11.5 Å². The van der Waals surface area contributed by atoms with Gasteiger partial charge in [-0.1, -0.05) is 35.9 Å². The number of carbonyl (C=O) groups excluding carboxylic acids is 1. The summed E-state index contributed by atoms with van der Waals surface area (Å²) >= 11 is 6.09. The van der Waals surface area contributed by atoms with Crippen molar-refractivity contribution in [1.82, 2.24) is 19.9 Å². The number of amides is 1. The Morgan fingerprint density at radius 2 is 1.89 bits per heavy atom. The smallest absolute Gasteiger partial charge is 0.267 e. The maximum atomic E-state index is 13.0. The average molecular weight is 378 g/mol. The monoisotopic (exact) mass is 377 g/mol. The van der Waals surface area contributed by atoms with Crippen molar-refractivity contribution in [1.29, 1.82) is 0 Å². The molecular weight excluding hydrogens is 366 g/mol. The van der Waals surface area contributed by atoms with Crippen LogP contribution in [0.4, 0.5) is 0 Å². The molecule has 7 nitrogen and oxygen atoms in total. The summed E-state index contributed by atoms with van der Waals surface area (Å²) in [7, 11) is 0. The molecule has 0 spiro atoms. The first kappa shape index (κ1) is 16.9. The van der Waals surface area contributed by atoms with Gasteiger partial charge in [0.1, 0.15) is 0 Å². The molecular formula is C19H12ClN5O2. The van der Waals surface area contributed by atoms with E-state index in [4.69, 9.17) is 11.6 Å². The fourth-order valence-electron chi connectivity index (χ4n) is 2.64. The van der Waals surface area contributed by atoms with Crippen LogP contribution in [0, 0.1) is 0 Å². The summed E-state index contributed by atoms with van der Waals surface area (Å²) < 4.78 is 1.10. The summed E-state index contributed by atoms with van der Waals surface area (Å²) in [5, 5.41) is 8.31. The van der Waals surface area contributed by atoms with E-state index in [0.29, 0.717) is 21.5 Å². The zero-order chi connectivity index (χ0) is 18.8. The molecule has 0 aliphatic rings. The fourth-order valence-corrected chi connectivity index (χ4v) is 2.83. The number of hydrogen-bond acceptors (Lipinski definition) is 5. The second-order valence-corrected chi connectivity index (χ2v) is 6.09. The Kier molecular flexibility index (Phi) is 4.35. The van der Waals surface area contributed by atoms with Gasteiger partial charge in [-0.2, -0.15) is 9.77 Å². The molecule has 2 aromatic carbocycles. The van der Waals surface area contributed by atoms with Crippen LogP contribution in [-0.4, -0.2) is 25.8 Å². The highest BCUT2D eigenvalue weighted by Gasteiger charge is 2.16. The van der Waals surface area contributed by atoms with Crippen LogP contribution in [0.2, 0.25) is 5.02 Å². The number of benzene rings is 2. The van der Waals surface area contributed by atoms with E-state index in [1.807, 2.05) is 0 Å². The summed E-state index contributed by atoms with van der Waals surface area (Å²) in [6.45, 7) is 0. The summed E-state index contributed by atoms with van der Waals surface area (Å²) in [6.07, 6.45) is 1.46. The maximum absolute atomic E-state index is 13.0. The molecule has 0 aliphatic carbocycles. The van der Waals surface area contributed by atoms with Crippen molar-refractivity contribution in [2.24, 2.45) is 0 Å². The molecule has 2 heterocycles. The van der Waals surface area contributed by atoms with Crippen LogP contribution in [0.15, 0.2) is 71.7 Å². The number of nitrogens with one attached hydrogen (secondary N) is 1. The fraction of sp³-hybridized carbons (Fsp3) is 0. The standard InChI is InChI=1S/C19H12ClN5O2/c20-13-6-3-5-12(11-13)17-22-15-8-2-1-7-14(15)19(27)25(17)24-18(26)16-9-4-10-21-23-16/h1-11H,(H,24,26). The first-order valence-electron chi connectivity index (χ1n) is 8.00. The van der Waals surface area contributed by atoms with E-state index in [-0.39, 0.29) is 11.5 Å². The van der Waals surface area contributed by atoms with Crippen LogP contribution >= 0.6 is 11.6 Å². The van der Waals surface area contributed by atoms with Crippen molar-refractivity contribution < 1.29 is 4.79 Å². The van der Waals surface area contributed by atoms with E-state index in [1.54, 1.807) is 54.6 Å². The second-order valence-electron chi connectivity index (χ2n) is 5.65. The zero-order valence-corrected chi connectivity index (χ0v) is 14.6. The van der Waals surface area contributed by atoms with Crippen molar-refractivity contribution in [2.45, 2.75) is 0 Å². The first-order valence-corrected chi connectivity index (χ1v) is 8.38. The van der Waals surface area contributed by atoms with Gasteiger partial charge in [-0.25, -0.2) is 4.98 Å². The largest absolute Gasteiger partial charge is 0.290 e. The third kappa shape index (κ3) is 3.28. The molecule has 4 aromatic rings. The number of hydrogen-bond donors (Lipinski definition) is 1. The number of rotatable bonds is 3. The molecule has 0 saturated carbocycles. The molecule has 2 aromatic heterocycles. The molecule has 0 radical (unpaired) electrons. The summed E-state index contributed by atoms with van der Waals surface area (Å²) in [6, 6.07) is 16.9. The Morgan fingerprint density at radius 3 is 2.67 bits per heavy atom. The Morgan fingerprint density at radius 1 is 1.04 bits per heavy atom. The van der Waals surface area contributed by atoms with Crippen LogP contribution in [0.3, 0.4) is 0 Å². The van der Waals surface area contributed by atoms with E-state index >= 15 is 0 Å². The quantitative estimate of drug-likeness (QED) is 0.593. The van der Waals surface area contributed by atoms with Crippen LogP contribution in [0.25, 0.3) is 22.3 Å². The molecule has 8 heteroatoms. The number of aromatic nitrogens is 4. The van der Waals surface area contributed by atoms with Gasteiger partial charge in [0.2, 0.25) is 0 Å². The lowest BCUT2D eigenvalue weighted by Gasteiger charge is -2.14. The second kappa shape index (κ2) is 6.97. The minimum absolute atomic E-state index is 0.0783. The summed E-state index contributed by atoms with van der Waals surface area (Å²) in [5.41, 5.74) is 3.34. The Bertz CT molecular complexity index is 1210. The van der Waals surface area contributed by atoms with E-state index in [1.165, 1.54) is 12.3 Å². The molecule has 0 atom stereocenters. The Hall–Kier alpha value is -3.58. The normalized spacial score (nSPS) is 10.7. The van der Waals surface area contributed by atoms with Crippen LogP contribution in [0.5, 0.6) is 0 Å². The van der Waals surface area contributed by atoms with Crippen molar-refractivity contribution in [3.8, 4) is 11.4 Å². The number of nitrogens with zero attached hydrogens (tertiary/aromatic N) is 4. The SMILES string of the molecule is O=C(Nn1c(-c2cccc(Cl)c2)nc2ccccc2c1=O)c1cccnn1. The molecule has 0 fully saturated rings. The van der Waals surface area contributed by atoms with E-state index in [0.717, 1.165) is 4.68 Å². The topological polar surface area (TPSA) is 89.8 Å². The zero-order valence-electron chi connectivity index (χ0n) is 13.8. The Balaban J connectivity index is 1.92. The van der Waals surface area contributed by atoms with Gasteiger partial charge in [0.25, 0.3) is 11.5 Å². The van der Waals surface area contributed by atoms with Crippen molar-refractivity contribution in [3.63, 3.8) is 0 Å².